The molecule has 1 heterocycles. The van der Waals surface area contributed by atoms with Crippen molar-refractivity contribution in [1.82, 2.24) is 0 Å². The number of rotatable bonds is 6. The Hall–Kier alpha value is -2.24. The summed E-state index contributed by atoms with van der Waals surface area (Å²) in [7, 11) is -11.5. The number of carbonyl (C=O) groups excluding carboxylic acids is 1. The van der Waals surface area contributed by atoms with E-state index in [0.29, 0.717) is 5.56 Å². The van der Waals surface area contributed by atoms with Crippen LogP contribution in [0.1, 0.15) is 23.7 Å². The summed E-state index contributed by atoms with van der Waals surface area (Å²) in [6.07, 6.45) is -0.0161. The fourth-order valence-corrected chi connectivity index (χ4v) is 8.61. The van der Waals surface area contributed by atoms with Crippen molar-refractivity contribution in [3.63, 3.8) is 0 Å². The Balaban J connectivity index is 1.92. The lowest BCUT2D eigenvalue weighted by molar-refractivity contribution is 0.101. The minimum atomic E-state index is -4.13. The molecule has 8 nitrogen and oxygen atoms in total. The molecule has 0 unspecified atom stereocenters. The Labute approximate surface area is 169 Å². The molecule has 0 aliphatic carbocycles. The van der Waals surface area contributed by atoms with Crippen LogP contribution in [0.2, 0.25) is 0 Å². The molecule has 0 aromatic heterocycles. The van der Waals surface area contributed by atoms with E-state index >= 15 is 0 Å². The normalized spacial score (nSPS) is 19.0. The number of carbonyl (C=O) groups is 1. The number of ketones is 1. The maximum atomic E-state index is 12.8. The first-order chi connectivity index (χ1) is 13.4. The predicted molar refractivity (Wildman–Crippen MR) is 108 cm³/mol. The van der Waals surface area contributed by atoms with Crippen LogP contribution >= 0.6 is 0 Å². The van der Waals surface area contributed by atoms with Crippen LogP contribution in [0, 0.1) is 0 Å². The molecular formula is C18H19NO7S3. The lowest BCUT2D eigenvalue weighted by Gasteiger charge is -2.13. The molecule has 1 aliphatic heterocycles. The molecule has 2 aromatic carbocycles. The summed E-state index contributed by atoms with van der Waals surface area (Å²) in [5.41, 5.74) is 0.483. The largest absolute Gasteiger partial charge is 0.295 e. The first kappa shape index (κ1) is 21.5. The van der Waals surface area contributed by atoms with Crippen LogP contribution in [-0.2, 0) is 29.7 Å². The van der Waals surface area contributed by atoms with E-state index in [1.54, 1.807) is 6.07 Å². The van der Waals surface area contributed by atoms with Gasteiger partial charge in [0.2, 0.25) is 0 Å². The van der Waals surface area contributed by atoms with E-state index in [9.17, 15) is 30.0 Å². The van der Waals surface area contributed by atoms with E-state index in [2.05, 4.69) is 4.72 Å². The molecule has 3 rings (SSSR count). The number of sulfonamides is 1. The molecule has 1 N–H and O–H groups in total. The Kier molecular flexibility index (Phi) is 5.58. The minimum Gasteiger partial charge on any atom is -0.295 e. The molecule has 29 heavy (non-hydrogen) atoms. The Morgan fingerprint density at radius 2 is 1.66 bits per heavy atom. The summed E-state index contributed by atoms with van der Waals surface area (Å²) < 4.78 is 76.5. The SMILES string of the molecule is CC(=O)c1cccc(NS(=O)(=O)c2cccc(S(=O)(=O)[C@@H]3CCS(=O)(=O)C3)c2)c1. The van der Waals surface area contributed by atoms with Gasteiger partial charge in [0.05, 0.1) is 26.5 Å². The summed E-state index contributed by atoms with van der Waals surface area (Å²) in [6, 6.07) is 10.7. The maximum Gasteiger partial charge on any atom is 0.261 e. The summed E-state index contributed by atoms with van der Waals surface area (Å²) >= 11 is 0. The van der Waals surface area contributed by atoms with E-state index < -0.39 is 40.7 Å². The second-order valence-electron chi connectivity index (χ2n) is 6.79. The molecule has 0 saturated carbocycles. The average Bonchev–Trinajstić information content (AvgIpc) is 3.02. The number of hydrogen-bond acceptors (Lipinski definition) is 7. The lowest BCUT2D eigenvalue weighted by Crippen LogP contribution is -2.23. The molecule has 156 valence electrons. The highest BCUT2D eigenvalue weighted by molar-refractivity contribution is 7.96. The Morgan fingerprint density at radius 1 is 1.00 bits per heavy atom. The van der Waals surface area contributed by atoms with Gasteiger partial charge < -0.3 is 0 Å². The smallest absolute Gasteiger partial charge is 0.261 e. The number of anilines is 1. The number of nitrogens with one attached hydrogen (secondary N) is 1. The second-order valence-corrected chi connectivity index (χ2v) is 12.9. The van der Waals surface area contributed by atoms with Crippen LogP contribution < -0.4 is 4.72 Å². The summed E-state index contributed by atoms with van der Waals surface area (Å²) in [5.74, 6) is -0.906. The fourth-order valence-electron chi connectivity index (χ4n) is 3.03. The molecule has 0 amide bonds. The van der Waals surface area contributed by atoms with Crippen molar-refractivity contribution in [1.29, 1.82) is 0 Å². The highest BCUT2D eigenvalue weighted by atomic mass is 32.2. The van der Waals surface area contributed by atoms with Crippen LogP contribution in [0.25, 0.3) is 0 Å². The zero-order valence-electron chi connectivity index (χ0n) is 15.4. The number of hydrogen-bond donors (Lipinski definition) is 1. The molecule has 0 spiro atoms. The van der Waals surface area contributed by atoms with Gasteiger partial charge in [0, 0.05) is 11.3 Å². The topological polar surface area (TPSA) is 132 Å². The van der Waals surface area contributed by atoms with Crippen molar-refractivity contribution in [3.05, 3.63) is 54.1 Å². The van der Waals surface area contributed by atoms with E-state index in [1.165, 1.54) is 43.3 Å². The van der Waals surface area contributed by atoms with Gasteiger partial charge in [0.15, 0.2) is 25.5 Å². The Bertz CT molecular complexity index is 1280. The van der Waals surface area contributed by atoms with Gasteiger partial charge in [-0.25, -0.2) is 25.3 Å². The van der Waals surface area contributed by atoms with E-state index in [1.807, 2.05) is 0 Å². The van der Waals surface area contributed by atoms with Crippen LogP contribution in [0.5, 0.6) is 0 Å². The second kappa shape index (κ2) is 7.54. The van der Waals surface area contributed by atoms with Crippen LogP contribution in [0.4, 0.5) is 5.69 Å². The molecule has 0 bridgehead atoms. The van der Waals surface area contributed by atoms with Crippen LogP contribution in [-0.4, -0.2) is 47.8 Å². The summed E-state index contributed by atoms with van der Waals surface area (Å²) in [6.45, 7) is 1.35. The van der Waals surface area contributed by atoms with Gasteiger partial charge in [-0.2, -0.15) is 0 Å². The van der Waals surface area contributed by atoms with Gasteiger partial charge in [-0.1, -0.05) is 18.2 Å². The number of benzene rings is 2. The lowest BCUT2D eigenvalue weighted by atomic mass is 10.1. The zero-order chi connectivity index (χ0) is 21.4. The highest BCUT2D eigenvalue weighted by Gasteiger charge is 2.38. The first-order valence-electron chi connectivity index (χ1n) is 8.59. The van der Waals surface area contributed by atoms with Gasteiger partial charge in [0.25, 0.3) is 10.0 Å². The quantitative estimate of drug-likeness (QED) is 0.652. The van der Waals surface area contributed by atoms with Gasteiger partial charge in [-0.15, -0.1) is 0 Å². The molecule has 1 aliphatic rings. The highest BCUT2D eigenvalue weighted by Crippen LogP contribution is 2.27. The van der Waals surface area contributed by atoms with Gasteiger partial charge >= 0.3 is 0 Å². The molecule has 2 aromatic rings. The minimum absolute atomic E-state index is 0.0161. The molecular weight excluding hydrogens is 438 g/mol. The third-order valence-electron chi connectivity index (χ3n) is 4.60. The Morgan fingerprint density at radius 3 is 2.28 bits per heavy atom. The molecule has 0 radical (unpaired) electrons. The van der Waals surface area contributed by atoms with Crippen LogP contribution in [0.15, 0.2) is 58.3 Å². The summed E-state index contributed by atoms with van der Waals surface area (Å²) in [4.78, 5) is 10.9. The van der Waals surface area contributed by atoms with Crippen molar-refractivity contribution >= 4 is 41.2 Å². The third kappa shape index (κ3) is 4.68. The van der Waals surface area contributed by atoms with Crippen LogP contribution in [0.3, 0.4) is 0 Å². The van der Waals surface area contributed by atoms with Crippen molar-refractivity contribution < 1.29 is 30.0 Å². The molecule has 1 atom stereocenters. The number of Topliss-reactive ketones (excluding diaryl/α,β-unsaturated/α-hetero) is 1. The van der Waals surface area contributed by atoms with Crippen molar-refractivity contribution in [3.8, 4) is 0 Å². The van der Waals surface area contributed by atoms with Gasteiger partial charge in [0.1, 0.15) is 0 Å². The van der Waals surface area contributed by atoms with Gasteiger partial charge in [-0.3, -0.25) is 9.52 Å². The van der Waals surface area contributed by atoms with E-state index in [0.717, 1.165) is 6.07 Å². The first-order valence-corrected chi connectivity index (χ1v) is 13.4. The molecule has 1 saturated heterocycles. The number of sulfone groups is 2. The van der Waals surface area contributed by atoms with Crippen molar-refractivity contribution in [2.24, 2.45) is 0 Å². The van der Waals surface area contributed by atoms with Crippen molar-refractivity contribution in [2.45, 2.75) is 28.4 Å². The maximum absolute atomic E-state index is 12.8. The standard InChI is InChI=1S/C18H19NO7S3/c1-13(20)14-4-2-5-15(10-14)19-29(25,26)17-7-3-6-16(11-17)28(23,24)18-8-9-27(21,22)12-18/h2-7,10-11,18-19H,8-9,12H2,1H3/t18-/m1/s1. The van der Waals surface area contributed by atoms with Gasteiger partial charge in [-0.05, 0) is 43.7 Å². The van der Waals surface area contributed by atoms with E-state index in [4.69, 9.17) is 0 Å². The predicted octanol–water partition coefficient (Wildman–Crippen LogP) is 1.65. The summed E-state index contributed by atoms with van der Waals surface area (Å²) in [5, 5.41) is -1.09. The third-order valence-corrected chi connectivity index (χ3v) is 10.1. The van der Waals surface area contributed by atoms with Crippen molar-refractivity contribution in [2.75, 3.05) is 16.2 Å². The average molecular weight is 458 g/mol. The monoisotopic (exact) mass is 457 g/mol. The molecule has 1 fully saturated rings. The molecule has 11 heteroatoms. The van der Waals surface area contributed by atoms with E-state index in [-0.39, 0.29) is 33.4 Å². The zero-order valence-corrected chi connectivity index (χ0v) is 17.8. The fraction of sp³-hybridized carbons (Fsp3) is 0.278.